The number of nitrogens with zero attached hydrogens (tertiary/aromatic N) is 4. The third kappa shape index (κ3) is 1.97. The van der Waals surface area contributed by atoms with Crippen molar-refractivity contribution >= 4 is 22.9 Å². The van der Waals surface area contributed by atoms with Crippen LogP contribution in [0.5, 0.6) is 0 Å². The van der Waals surface area contributed by atoms with Crippen molar-refractivity contribution in [1.29, 1.82) is 0 Å². The van der Waals surface area contributed by atoms with E-state index in [1.165, 1.54) is 0 Å². The molecule has 1 unspecified atom stereocenters. The van der Waals surface area contributed by atoms with E-state index in [1.54, 1.807) is 18.0 Å². The number of methoxy groups -OCH3 is 1. The summed E-state index contributed by atoms with van der Waals surface area (Å²) in [6.45, 7) is 1.98. The van der Waals surface area contributed by atoms with Crippen molar-refractivity contribution in [2.45, 2.75) is 38.2 Å². The van der Waals surface area contributed by atoms with Gasteiger partial charge >= 0.3 is 0 Å². The monoisotopic (exact) mass is 286 g/mol. The second-order valence-corrected chi connectivity index (χ2v) is 4.66. The predicted molar refractivity (Wildman–Crippen MR) is 75.9 cm³/mol. The van der Waals surface area contributed by atoms with Gasteiger partial charge < -0.3 is 20.9 Å². The summed E-state index contributed by atoms with van der Waals surface area (Å²) in [7, 11) is 1.57. The summed E-state index contributed by atoms with van der Waals surface area (Å²) >= 11 is 0. The molecule has 0 radical (unpaired) electrons. The molecule has 3 rings (SSSR count). The van der Waals surface area contributed by atoms with Crippen molar-refractivity contribution < 1.29 is 13.8 Å². The van der Waals surface area contributed by atoms with Crippen LogP contribution in [0.3, 0.4) is 0 Å². The highest BCUT2D eigenvalue weighted by molar-refractivity contribution is 5.82. The zero-order valence-electron chi connectivity index (χ0n) is 14.4. The van der Waals surface area contributed by atoms with E-state index in [2.05, 4.69) is 15.0 Å². The van der Waals surface area contributed by atoms with Crippen molar-refractivity contribution in [2.75, 3.05) is 18.6 Å². The molecule has 0 aliphatic carbocycles. The Balaban J connectivity index is 0.000000924. The van der Waals surface area contributed by atoms with Crippen molar-refractivity contribution in [2.24, 2.45) is 0 Å². The van der Waals surface area contributed by atoms with Gasteiger partial charge in [-0.25, -0.2) is 4.98 Å². The number of hydrogen-bond acceptors (Lipinski definition) is 7. The second-order valence-electron chi connectivity index (χ2n) is 4.66. The van der Waals surface area contributed by atoms with E-state index in [0.29, 0.717) is 11.2 Å². The molecule has 0 bridgehead atoms. The largest absolute Gasteiger partial charge is 0.382 e. The van der Waals surface area contributed by atoms with Crippen LogP contribution in [0.25, 0.3) is 11.2 Å². The lowest BCUT2D eigenvalue weighted by Crippen LogP contribution is -2.21. The zero-order chi connectivity index (χ0) is 17.1. The average Bonchev–Trinajstić information content (AvgIpc) is 3.09. The molecule has 2 aromatic rings. The highest BCUT2D eigenvalue weighted by atomic mass is 16.6. The van der Waals surface area contributed by atoms with E-state index >= 15 is 0 Å². The van der Waals surface area contributed by atoms with Crippen LogP contribution in [0.4, 0.5) is 11.8 Å². The number of aromatic nitrogens is 4. The van der Waals surface area contributed by atoms with Gasteiger partial charge in [0.25, 0.3) is 0 Å². The van der Waals surface area contributed by atoms with Gasteiger partial charge in [-0.2, -0.15) is 9.97 Å². The molecule has 1 fully saturated rings. The van der Waals surface area contributed by atoms with Crippen LogP contribution >= 0.6 is 0 Å². The van der Waals surface area contributed by atoms with E-state index < -0.39 is 18.7 Å². The smallest absolute Gasteiger partial charge is 0.224 e. The van der Waals surface area contributed by atoms with Crippen molar-refractivity contribution in [3.63, 3.8) is 0 Å². The van der Waals surface area contributed by atoms with Crippen molar-refractivity contribution in [3.8, 4) is 0 Å². The SMILES string of the molecule is [3H][3H].[3H][C@H]1C(OC)[C@H](n2cnc3c(N)nc(N)nc32)O[C@@H]1CC. The van der Waals surface area contributed by atoms with E-state index in [1.807, 2.05) is 6.92 Å². The number of anilines is 2. The first-order valence-electron chi connectivity index (χ1n) is 8.00. The Labute approximate surface area is 120 Å². The van der Waals surface area contributed by atoms with Gasteiger partial charge in [0, 0.05) is 17.8 Å². The normalized spacial score (nSPS) is 31.2. The predicted octanol–water partition coefficient (Wildman–Crippen LogP) is 0.949. The molecule has 4 atom stereocenters. The number of hydrogen-bond donors (Lipinski definition) is 2. The highest BCUT2D eigenvalue weighted by Crippen LogP contribution is 2.34. The minimum absolute atomic E-state index is 0.0724. The Morgan fingerprint density at radius 2 is 2.45 bits per heavy atom. The van der Waals surface area contributed by atoms with Gasteiger partial charge in [-0.15, -0.1) is 0 Å². The highest BCUT2D eigenvalue weighted by Gasteiger charge is 2.36. The van der Waals surface area contributed by atoms with E-state index in [-0.39, 0.29) is 17.9 Å². The summed E-state index contributed by atoms with van der Waals surface area (Å²) in [5.41, 5.74) is 12.4. The standard InChI is InChI=1S/C12H18N6O2.H2/c1-3-6-4-7(19-2)11(20-6)18-5-15-8-9(13)16-12(14)17-10(8)18;/h5-7,11H,3-4H2,1-2H3,(H4,13,14,16,17);1H/t6-,7?,11-;/m1./s1/i4T;1+2T/t4-,6-,7?,11-;. The lowest BCUT2D eigenvalue weighted by atomic mass is 10.1. The summed E-state index contributed by atoms with van der Waals surface area (Å²) in [6, 6.07) is 0. The van der Waals surface area contributed by atoms with E-state index in [4.69, 9.17) is 25.3 Å². The second kappa shape index (κ2) is 4.88. The molecular weight excluding hydrogens is 260 g/mol. The summed E-state index contributed by atoms with van der Waals surface area (Å²) in [5, 5.41) is 0. The summed E-state index contributed by atoms with van der Waals surface area (Å²) in [6.07, 6.45) is 0.728. The van der Waals surface area contributed by atoms with Gasteiger partial charge in [-0.05, 0) is 6.42 Å². The Kier molecular flexibility index (Phi) is 2.64. The van der Waals surface area contributed by atoms with Gasteiger partial charge in [-0.3, -0.25) is 4.57 Å². The lowest BCUT2D eigenvalue weighted by Gasteiger charge is -2.19. The maximum absolute atomic E-state index is 8.21. The molecule has 0 aromatic carbocycles. The fourth-order valence-corrected chi connectivity index (χ4v) is 2.40. The van der Waals surface area contributed by atoms with Gasteiger partial charge in [0.2, 0.25) is 5.95 Å². The lowest BCUT2D eigenvalue weighted by molar-refractivity contribution is -0.0480. The molecular formula is C12H20N6O2. The van der Waals surface area contributed by atoms with Gasteiger partial charge in [0.05, 0.1) is 12.4 Å². The molecule has 0 amide bonds. The van der Waals surface area contributed by atoms with Crippen molar-refractivity contribution in [3.05, 3.63) is 6.33 Å². The average molecular weight is 286 g/mol. The van der Waals surface area contributed by atoms with Crippen LogP contribution < -0.4 is 11.5 Å². The Hall–Kier alpha value is -1.93. The number of nitrogen functional groups attached to an aromatic ring is 2. The third-order valence-electron chi connectivity index (χ3n) is 3.41. The zero-order valence-corrected chi connectivity index (χ0v) is 11.4. The minimum atomic E-state index is -0.485. The fraction of sp³-hybridized carbons (Fsp3) is 0.583. The fourth-order valence-electron chi connectivity index (χ4n) is 2.40. The van der Waals surface area contributed by atoms with Gasteiger partial charge in [0.15, 0.2) is 17.7 Å². The quantitative estimate of drug-likeness (QED) is 0.863. The maximum atomic E-state index is 8.21. The molecule has 1 aliphatic rings. The number of nitrogens with two attached hydrogens (primary N) is 2. The van der Waals surface area contributed by atoms with Crippen LogP contribution in [0.1, 0.15) is 30.3 Å². The maximum Gasteiger partial charge on any atom is 0.224 e. The number of ether oxygens (including phenoxy) is 2. The van der Waals surface area contributed by atoms with Crippen LogP contribution in [0.2, 0.25) is 0 Å². The molecule has 110 valence electrons. The van der Waals surface area contributed by atoms with Crippen molar-refractivity contribution in [1.82, 2.24) is 19.5 Å². The topological polar surface area (TPSA) is 114 Å². The molecule has 2 aromatic heterocycles. The number of fused-ring (bicyclic) bond motifs is 1. The van der Waals surface area contributed by atoms with Gasteiger partial charge in [0.1, 0.15) is 11.6 Å². The molecule has 0 saturated carbocycles. The molecule has 8 nitrogen and oxygen atoms in total. The van der Waals surface area contributed by atoms with Crippen LogP contribution in [0.15, 0.2) is 6.33 Å². The van der Waals surface area contributed by atoms with Crippen LogP contribution in [0, 0.1) is 0 Å². The Bertz CT molecular complexity index is 670. The first kappa shape index (κ1) is 10.8. The first-order valence-corrected chi connectivity index (χ1v) is 6.42. The summed E-state index contributed by atoms with van der Waals surface area (Å²) in [4.78, 5) is 12.3. The molecule has 8 heteroatoms. The van der Waals surface area contributed by atoms with Crippen LogP contribution in [-0.2, 0) is 9.47 Å². The van der Waals surface area contributed by atoms with E-state index in [9.17, 15) is 0 Å². The molecule has 3 heterocycles. The van der Waals surface area contributed by atoms with Gasteiger partial charge in [-0.1, -0.05) is 6.92 Å². The molecule has 1 saturated heterocycles. The molecule has 4 N–H and O–H groups in total. The third-order valence-corrected chi connectivity index (χ3v) is 3.41. The minimum Gasteiger partial charge on any atom is -0.382 e. The number of rotatable bonds is 3. The Morgan fingerprint density at radius 3 is 3.15 bits per heavy atom. The molecule has 1 aliphatic heterocycles. The molecule has 20 heavy (non-hydrogen) atoms. The molecule has 0 spiro atoms. The summed E-state index contributed by atoms with van der Waals surface area (Å²) in [5.74, 6) is 0.292. The first-order chi connectivity index (χ1) is 11.1. The van der Waals surface area contributed by atoms with Crippen LogP contribution in [-0.4, -0.2) is 38.8 Å². The summed E-state index contributed by atoms with van der Waals surface area (Å²) < 4.78 is 31.3. The Morgan fingerprint density at radius 1 is 1.65 bits per heavy atom. The number of imidazole rings is 1. The van der Waals surface area contributed by atoms with E-state index in [0.717, 1.165) is 6.42 Å².